The van der Waals surface area contributed by atoms with Crippen molar-refractivity contribution in [3.63, 3.8) is 0 Å². The molecule has 0 unspecified atom stereocenters. The number of fused-ring (bicyclic) bond motifs is 4. The van der Waals surface area contributed by atoms with E-state index in [9.17, 15) is 0 Å². The Balaban J connectivity index is 1.74. The van der Waals surface area contributed by atoms with Crippen LogP contribution in [0.1, 0.15) is 11.1 Å². The van der Waals surface area contributed by atoms with E-state index < -0.39 is 0 Å². The Bertz CT molecular complexity index is 1010. The van der Waals surface area contributed by atoms with Crippen LogP contribution < -0.4 is 0 Å². The van der Waals surface area contributed by atoms with Crippen molar-refractivity contribution in [2.45, 2.75) is 6.42 Å². The quantitative estimate of drug-likeness (QED) is 0.423. The molecule has 1 N–H and O–H groups in total. The van der Waals surface area contributed by atoms with Crippen LogP contribution in [0.2, 0.25) is 0 Å². The molecule has 1 heterocycles. The SMILES string of the molecule is c1ccc2c(c1)Cc1c(-c3ccc4[nH]ccc4c3)cccc1-2. The highest BCUT2D eigenvalue weighted by Crippen LogP contribution is 2.41. The van der Waals surface area contributed by atoms with Gasteiger partial charge in [-0.3, -0.25) is 0 Å². The molecule has 0 bridgehead atoms. The lowest BCUT2D eigenvalue weighted by Gasteiger charge is -2.09. The second kappa shape index (κ2) is 4.35. The standard InChI is InChI=1S/C21H15N/c1-2-5-17-14(4-1)13-20-18(6-3-7-19(17)20)15-8-9-21-16(12-15)10-11-22-21/h1-12,22H,13H2. The average Bonchev–Trinajstić information content (AvgIpc) is 3.18. The first kappa shape index (κ1) is 11.8. The Hall–Kier alpha value is -2.80. The van der Waals surface area contributed by atoms with Crippen LogP contribution in [-0.4, -0.2) is 4.98 Å². The molecular weight excluding hydrogens is 266 g/mol. The van der Waals surface area contributed by atoms with Crippen molar-refractivity contribution >= 4 is 10.9 Å². The van der Waals surface area contributed by atoms with Gasteiger partial charge in [0, 0.05) is 11.7 Å². The highest BCUT2D eigenvalue weighted by Gasteiger charge is 2.20. The summed E-state index contributed by atoms with van der Waals surface area (Å²) in [6.07, 6.45) is 3.03. The van der Waals surface area contributed by atoms with Crippen molar-refractivity contribution < 1.29 is 0 Å². The molecule has 0 radical (unpaired) electrons. The van der Waals surface area contributed by atoms with Crippen LogP contribution in [0.4, 0.5) is 0 Å². The molecule has 5 rings (SSSR count). The van der Waals surface area contributed by atoms with Gasteiger partial charge in [0.25, 0.3) is 0 Å². The number of hydrogen-bond donors (Lipinski definition) is 1. The van der Waals surface area contributed by atoms with Gasteiger partial charge in [-0.05, 0) is 63.4 Å². The first-order chi connectivity index (χ1) is 10.9. The molecule has 0 aliphatic heterocycles. The van der Waals surface area contributed by atoms with Gasteiger partial charge >= 0.3 is 0 Å². The lowest BCUT2D eigenvalue weighted by atomic mass is 9.95. The number of aromatic amines is 1. The van der Waals surface area contributed by atoms with Crippen molar-refractivity contribution in [1.29, 1.82) is 0 Å². The highest BCUT2D eigenvalue weighted by molar-refractivity contribution is 5.89. The van der Waals surface area contributed by atoms with Crippen LogP contribution in [0.25, 0.3) is 33.2 Å². The summed E-state index contributed by atoms with van der Waals surface area (Å²) in [6.45, 7) is 0. The number of hydrogen-bond acceptors (Lipinski definition) is 0. The second-order valence-electron chi connectivity index (χ2n) is 5.95. The molecule has 1 aliphatic rings. The van der Waals surface area contributed by atoms with Crippen LogP contribution in [0.5, 0.6) is 0 Å². The van der Waals surface area contributed by atoms with Gasteiger partial charge in [0.15, 0.2) is 0 Å². The van der Waals surface area contributed by atoms with Crippen LogP contribution in [0.3, 0.4) is 0 Å². The smallest absolute Gasteiger partial charge is 0.0454 e. The summed E-state index contributed by atoms with van der Waals surface area (Å²) >= 11 is 0. The third-order valence-corrected chi connectivity index (χ3v) is 4.72. The number of H-pyrrole nitrogens is 1. The summed E-state index contributed by atoms with van der Waals surface area (Å²) in [7, 11) is 0. The van der Waals surface area contributed by atoms with Gasteiger partial charge in [-0.2, -0.15) is 0 Å². The van der Waals surface area contributed by atoms with E-state index in [4.69, 9.17) is 0 Å². The van der Waals surface area contributed by atoms with Gasteiger partial charge in [0.05, 0.1) is 0 Å². The molecule has 0 saturated heterocycles. The predicted octanol–water partition coefficient (Wildman–Crippen LogP) is 5.41. The number of benzene rings is 3. The predicted molar refractivity (Wildman–Crippen MR) is 92.0 cm³/mol. The molecule has 0 atom stereocenters. The summed E-state index contributed by atoms with van der Waals surface area (Å²) in [5.41, 5.74) is 9.53. The third kappa shape index (κ3) is 1.59. The van der Waals surface area contributed by atoms with E-state index >= 15 is 0 Å². The van der Waals surface area contributed by atoms with Crippen LogP contribution in [0, 0.1) is 0 Å². The number of rotatable bonds is 1. The van der Waals surface area contributed by atoms with E-state index in [1.165, 1.54) is 44.3 Å². The zero-order chi connectivity index (χ0) is 14.5. The van der Waals surface area contributed by atoms with Gasteiger partial charge in [-0.1, -0.05) is 48.5 Å². The maximum Gasteiger partial charge on any atom is 0.0454 e. The fourth-order valence-corrected chi connectivity index (χ4v) is 3.65. The third-order valence-electron chi connectivity index (χ3n) is 4.72. The molecule has 0 spiro atoms. The highest BCUT2D eigenvalue weighted by atomic mass is 14.7. The van der Waals surface area contributed by atoms with Crippen molar-refractivity contribution in [2.24, 2.45) is 0 Å². The Labute approximate surface area is 129 Å². The molecule has 3 aromatic carbocycles. The molecule has 22 heavy (non-hydrogen) atoms. The maximum atomic E-state index is 3.26. The van der Waals surface area contributed by atoms with Crippen molar-refractivity contribution in [1.82, 2.24) is 4.98 Å². The number of nitrogens with one attached hydrogen (secondary N) is 1. The summed E-state index contributed by atoms with van der Waals surface area (Å²) in [5.74, 6) is 0. The summed E-state index contributed by atoms with van der Waals surface area (Å²) in [6, 6.07) is 24.2. The molecule has 1 aliphatic carbocycles. The first-order valence-corrected chi connectivity index (χ1v) is 7.68. The summed E-state index contributed by atoms with van der Waals surface area (Å²) < 4.78 is 0. The molecule has 0 saturated carbocycles. The van der Waals surface area contributed by atoms with Crippen molar-refractivity contribution in [3.05, 3.63) is 84.1 Å². The molecule has 0 amide bonds. The van der Waals surface area contributed by atoms with Gasteiger partial charge in [0.1, 0.15) is 0 Å². The first-order valence-electron chi connectivity index (χ1n) is 7.68. The second-order valence-corrected chi connectivity index (χ2v) is 5.95. The maximum absolute atomic E-state index is 3.26. The lowest BCUT2D eigenvalue weighted by Crippen LogP contribution is -1.87. The Morgan fingerprint density at radius 1 is 0.727 bits per heavy atom. The minimum absolute atomic E-state index is 1.03. The summed E-state index contributed by atoms with van der Waals surface area (Å²) in [4.78, 5) is 3.26. The van der Waals surface area contributed by atoms with E-state index in [1.54, 1.807) is 0 Å². The van der Waals surface area contributed by atoms with Gasteiger partial charge in [-0.15, -0.1) is 0 Å². The Kier molecular flexibility index (Phi) is 2.33. The molecule has 4 aromatic rings. The van der Waals surface area contributed by atoms with Crippen LogP contribution in [-0.2, 0) is 6.42 Å². The fourth-order valence-electron chi connectivity index (χ4n) is 3.65. The lowest BCUT2D eigenvalue weighted by molar-refractivity contribution is 1.26. The van der Waals surface area contributed by atoms with Crippen LogP contribution in [0.15, 0.2) is 72.9 Å². The monoisotopic (exact) mass is 281 g/mol. The molecule has 1 heteroatoms. The molecular formula is C21H15N. The fraction of sp³-hybridized carbons (Fsp3) is 0.0476. The zero-order valence-corrected chi connectivity index (χ0v) is 12.1. The normalized spacial score (nSPS) is 12.4. The minimum atomic E-state index is 1.03. The van der Waals surface area contributed by atoms with E-state index in [0.29, 0.717) is 0 Å². The van der Waals surface area contributed by atoms with Gasteiger partial charge in [-0.25, -0.2) is 0 Å². The Morgan fingerprint density at radius 2 is 1.59 bits per heavy atom. The molecule has 0 fully saturated rings. The van der Waals surface area contributed by atoms with E-state index in [-0.39, 0.29) is 0 Å². The van der Waals surface area contributed by atoms with Crippen LogP contribution >= 0.6 is 0 Å². The molecule has 104 valence electrons. The van der Waals surface area contributed by atoms with E-state index in [0.717, 1.165) is 6.42 Å². The minimum Gasteiger partial charge on any atom is -0.361 e. The van der Waals surface area contributed by atoms with Crippen molar-refractivity contribution in [2.75, 3.05) is 0 Å². The van der Waals surface area contributed by atoms with Gasteiger partial charge < -0.3 is 4.98 Å². The molecule has 1 aromatic heterocycles. The topological polar surface area (TPSA) is 15.8 Å². The Morgan fingerprint density at radius 3 is 2.59 bits per heavy atom. The average molecular weight is 281 g/mol. The number of aromatic nitrogens is 1. The van der Waals surface area contributed by atoms with Gasteiger partial charge in [0.2, 0.25) is 0 Å². The zero-order valence-electron chi connectivity index (χ0n) is 12.1. The van der Waals surface area contributed by atoms with E-state index in [1.807, 2.05) is 6.20 Å². The van der Waals surface area contributed by atoms with Crippen molar-refractivity contribution in [3.8, 4) is 22.3 Å². The largest absolute Gasteiger partial charge is 0.361 e. The molecule has 1 nitrogen and oxygen atoms in total. The summed E-state index contributed by atoms with van der Waals surface area (Å²) in [5, 5.41) is 1.27. The van der Waals surface area contributed by atoms with E-state index in [2.05, 4.69) is 71.7 Å².